The van der Waals surface area contributed by atoms with Crippen LogP contribution in [0.4, 0.5) is 0 Å². The molecule has 2 aromatic carbocycles. The number of carbonyl (C=O) groups is 1. The number of ketones is 1. The van der Waals surface area contributed by atoms with E-state index in [0.717, 1.165) is 21.8 Å². The average molecular weight is 286 g/mol. The summed E-state index contributed by atoms with van der Waals surface area (Å²) in [6.07, 6.45) is 0.421. The zero-order valence-corrected chi connectivity index (χ0v) is 12.6. The number of carbonyl (C=O) groups excluding carboxylic acids is 1. The van der Waals surface area contributed by atoms with Gasteiger partial charge in [-0.15, -0.1) is 11.8 Å². The first-order valence-corrected chi connectivity index (χ1v) is 7.50. The quantitative estimate of drug-likeness (QED) is 0.753. The third-order valence-corrected chi connectivity index (χ3v) is 4.04. The van der Waals surface area contributed by atoms with Crippen LogP contribution in [0.1, 0.15) is 11.1 Å². The van der Waals surface area contributed by atoms with Crippen LogP contribution in [0.15, 0.2) is 53.4 Å². The van der Waals surface area contributed by atoms with Gasteiger partial charge in [0, 0.05) is 16.9 Å². The van der Waals surface area contributed by atoms with Crippen LogP contribution in [0.3, 0.4) is 0 Å². The van der Waals surface area contributed by atoms with E-state index in [1.165, 1.54) is 0 Å². The van der Waals surface area contributed by atoms with Crippen molar-refractivity contribution in [2.75, 3.05) is 12.9 Å². The molecular formula is C17H18O2S. The number of Topliss-reactive ketones (excluding diaryl/α,β-unsaturated/α-hetero) is 1. The van der Waals surface area contributed by atoms with Crippen molar-refractivity contribution < 1.29 is 9.53 Å². The van der Waals surface area contributed by atoms with Gasteiger partial charge in [0.25, 0.3) is 0 Å². The van der Waals surface area contributed by atoms with Crippen molar-refractivity contribution in [3.63, 3.8) is 0 Å². The molecule has 0 radical (unpaired) electrons. The van der Waals surface area contributed by atoms with Crippen molar-refractivity contribution >= 4 is 17.5 Å². The highest BCUT2D eigenvalue weighted by atomic mass is 32.2. The molecule has 0 unspecified atom stereocenters. The zero-order valence-electron chi connectivity index (χ0n) is 11.8. The summed E-state index contributed by atoms with van der Waals surface area (Å²) in [7, 11) is 1.64. The van der Waals surface area contributed by atoms with Gasteiger partial charge in [-0.05, 0) is 25.1 Å². The van der Waals surface area contributed by atoms with Crippen LogP contribution in [0.5, 0.6) is 5.75 Å². The Morgan fingerprint density at radius 2 is 1.90 bits per heavy atom. The second-order valence-corrected chi connectivity index (χ2v) is 5.68. The van der Waals surface area contributed by atoms with Gasteiger partial charge < -0.3 is 4.74 Å². The Kier molecular flexibility index (Phi) is 5.24. The van der Waals surface area contributed by atoms with E-state index in [0.29, 0.717) is 12.2 Å². The molecule has 0 spiro atoms. The van der Waals surface area contributed by atoms with Crippen molar-refractivity contribution in [3.05, 3.63) is 59.7 Å². The Labute approximate surface area is 124 Å². The van der Waals surface area contributed by atoms with E-state index in [2.05, 4.69) is 0 Å². The molecule has 0 N–H and O–H groups in total. The lowest BCUT2D eigenvalue weighted by molar-refractivity contribution is -0.116. The van der Waals surface area contributed by atoms with Crippen molar-refractivity contribution in [3.8, 4) is 5.75 Å². The summed E-state index contributed by atoms with van der Waals surface area (Å²) in [6.45, 7) is 2.02. The van der Waals surface area contributed by atoms with Crippen LogP contribution in [-0.4, -0.2) is 18.6 Å². The summed E-state index contributed by atoms with van der Waals surface area (Å²) >= 11 is 1.58. The first-order valence-electron chi connectivity index (χ1n) is 6.52. The Balaban J connectivity index is 1.96. The minimum absolute atomic E-state index is 0.211. The van der Waals surface area contributed by atoms with Crippen LogP contribution in [-0.2, 0) is 11.2 Å². The smallest absolute Gasteiger partial charge is 0.147 e. The fraction of sp³-hybridized carbons (Fsp3) is 0.235. The Hall–Kier alpha value is -1.74. The largest absolute Gasteiger partial charge is 0.496 e. The molecule has 0 aliphatic rings. The lowest BCUT2D eigenvalue weighted by Gasteiger charge is -2.09. The average Bonchev–Trinajstić information content (AvgIpc) is 2.46. The number of hydrogen-bond donors (Lipinski definition) is 0. The minimum atomic E-state index is 0.211. The Morgan fingerprint density at radius 1 is 1.15 bits per heavy atom. The van der Waals surface area contributed by atoms with Gasteiger partial charge in [-0.3, -0.25) is 4.79 Å². The fourth-order valence-electron chi connectivity index (χ4n) is 1.99. The number of aryl methyl sites for hydroxylation is 1. The summed E-state index contributed by atoms with van der Waals surface area (Å²) < 4.78 is 5.30. The van der Waals surface area contributed by atoms with E-state index in [9.17, 15) is 4.79 Å². The van der Waals surface area contributed by atoms with Gasteiger partial charge in [0.15, 0.2) is 0 Å². The summed E-state index contributed by atoms with van der Waals surface area (Å²) in [4.78, 5) is 13.2. The third-order valence-electron chi connectivity index (χ3n) is 2.97. The first kappa shape index (κ1) is 14.7. The van der Waals surface area contributed by atoms with Gasteiger partial charge in [-0.2, -0.15) is 0 Å². The van der Waals surface area contributed by atoms with Gasteiger partial charge >= 0.3 is 0 Å². The number of rotatable bonds is 6. The predicted molar refractivity (Wildman–Crippen MR) is 83.6 cm³/mol. The number of hydrogen-bond acceptors (Lipinski definition) is 3. The third kappa shape index (κ3) is 4.14. The van der Waals surface area contributed by atoms with E-state index in [-0.39, 0.29) is 5.78 Å². The Bertz CT molecular complexity index is 579. The molecule has 3 heteroatoms. The van der Waals surface area contributed by atoms with E-state index in [4.69, 9.17) is 4.74 Å². The van der Waals surface area contributed by atoms with E-state index in [1.807, 2.05) is 55.5 Å². The highest BCUT2D eigenvalue weighted by Crippen LogP contribution is 2.22. The molecule has 0 saturated heterocycles. The summed E-state index contributed by atoms with van der Waals surface area (Å²) in [5, 5.41) is 0. The monoisotopic (exact) mass is 286 g/mol. The molecule has 0 aromatic heterocycles. The van der Waals surface area contributed by atoms with Gasteiger partial charge in [0.2, 0.25) is 0 Å². The molecule has 2 rings (SSSR count). The number of methoxy groups -OCH3 is 1. The van der Waals surface area contributed by atoms with Gasteiger partial charge in [0.05, 0.1) is 12.9 Å². The Morgan fingerprint density at radius 3 is 2.60 bits per heavy atom. The number of ether oxygens (including phenoxy) is 1. The van der Waals surface area contributed by atoms with Crippen LogP contribution in [0.2, 0.25) is 0 Å². The van der Waals surface area contributed by atoms with Gasteiger partial charge in [0.1, 0.15) is 11.5 Å². The van der Waals surface area contributed by atoms with E-state index in [1.54, 1.807) is 18.9 Å². The van der Waals surface area contributed by atoms with Gasteiger partial charge in [-0.1, -0.05) is 35.9 Å². The maximum atomic E-state index is 12.1. The molecule has 0 heterocycles. The molecule has 0 fully saturated rings. The molecule has 0 atom stereocenters. The fourth-order valence-corrected chi connectivity index (χ4v) is 2.77. The molecule has 0 amide bonds. The SMILES string of the molecule is COc1ccc(C)cc1CC(=O)CSc1ccccc1. The normalized spacial score (nSPS) is 10.3. The van der Waals surface area contributed by atoms with Crippen LogP contribution in [0, 0.1) is 6.92 Å². The molecular weight excluding hydrogens is 268 g/mol. The summed E-state index contributed by atoms with van der Waals surface area (Å²) in [5.74, 6) is 1.48. The van der Waals surface area contributed by atoms with Crippen molar-refractivity contribution in [1.29, 1.82) is 0 Å². The standard InChI is InChI=1S/C17H18O2S/c1-13-8-9-17(19-2)14(10-13)11-15(18)12-20-16-6-4-3-5-7-16/h3-10H,11-12H2,1-2H3. The summed E-state index contributed by atoms with van der Waals surface area (Å²) in [6, 6.07) is 15.9. The molecule has 0 saturated carbocycles. The number of benzene rings is 2. The van der Waals surface area contributed by atoms with E-state index < -0.39 is 0 Å². The maximum Gasteiger partial charge on any atom is 0.147 e. The molecule has 2 nitrogen and oxygen atoms in total. The molecule has 2 aromatic rings. The number of thioether (sulfide) groups is 1. The molecule has 104 valence electrons. The molecule has 20 heavy (non-hydrogen) atoms. The highest BCUT2D eigenvalue weighted by Gasteiger charge is 2.09. The van der Waals surface area contributed by atoms with Crippen molar-refractivity contribution in [2.45, 2.75) is 18.2 Å². The predicted octanol–water partition coefficient (Wildman–Crippen LogP) is 3.91. The topological polar surface area (TPSA) is 26.3 Å². The van der Waals surface area contributed by atoms with Crippen LogP contribution < -0.4 is 4.74 Å². The molecule has 0 aliphatic heterocycles. The first-order chi connectivity index (χ1) is 9.69. The lowest BCUT2D eigenvalue weighted by Crippen LogP contribution is -2.07. The molecule has 0 aliphatic carbocycles. The highest BCUT2D eigenvalue weighted by molar-refractivity contribution is 8.00. The zero-order chi connectivity index (χ0) is 14.4. The van der Waals surface area contributed by atoms with Crippen molar-refractivity contribution in [2.24, 2.45) is 0 Å². The second kappa shape index (κ2) is 7.15. The summed E-state index contributed by atoms with van der Waals surface area (Å²) in [5.41, 5.74) is 2.11. The van der Waals surface area contributed by atoms with Gasteiger partial charge in [-0.25, -0.2) is 0 Å². The van der Waals surface area contributed by atoms with Crippen LogP contribution >= 0.6 is 11.8 Å². The second-order valence-electron chi connectivity index (χ2n) is 4.63. The maximum absolute atomic E-state index is 12.1. The van der Waals surface area contributed by atoms with Crippen molar-refractivity contribution in [1.82, 2.24) is 0 Å². The van der Waals surface area contributed by atoms with Crippen LogP contribution in [0.25, 0.3) is 0 Å². The lowest BCUT2D eigenvalue weighted by atomic mass is 10.1. The molecule has 0 bridgehead atoms. The van der Waals surface area contributed by atoms with E-state index >= 15 is 0 Å². The minimum Gasteiger partial charge on any atom is -0.496 e.